The van der Waals surface area contributed by atoms with Crippen LogP contribution >= 0.6 is 0 Å². The first-order chi connectivity index (χ1) is 8.88. The third-order valence-corrected chi connectivity index (χ3v) is 2.87. The molecule has 3 aromatic rings. The van der Waals surface area contributed by atoms with Gasteiger partial charge in [0.2, 0.25) is 0 Å². The summed E-state index contributed by atoms with van der Waals surface area (Å²) < 4.78 is 1.87. The zero-order valence-corrected chi connectivity index (χ0v) is 9.95. The third kappa shape index (κ3) is 1.87. The molecule has 0 saturated heterocycles. The summed E-state index contributed by atoms with van der Waals surface area (Å²) in [4.78, 5) is 4.54. The number of rotatable bonds is 3. The molecule has 2 N–H and O–H groups in total. The predicted octanol–water partition coefficient (Wildman–Crippen LogP) is 1.90. The number of aromatic nitrogens is 3. The lowest BCUT2D eigenvalue weighted by Gasteiger charge is -2.00. The van der Waals surface area contributed by atoms with Gasteiger partial charge in [0.05, 0.1) is 0 Å². The van der Waals surface area contributed by atoms with Gasteiger partial charge in [-0.3, -0.25) is 0 Å². The van der Waals surface area contributed by atoms with E-state index in [0.29, 0.717) is 6.54 Å². The zero-order valence-electron chi connectivity index (χ0n) is 9.95. The van der Waals surface area contributed by atoms with E-state index >= 15 is 0 Å². The molecule has 0 atom stereocenters. The molecule has 2 aromatic heterocycles. The average molecular weight is 238 g/mol. The highest BCUT2D eigenvalue weighted by atomic mass is 15.3. The lowest BCUT2D eigenvalue weighted by atomic mass is 10.2. The summed E-state index contributed by atoms with van der Waals surface area (Å²) in [6, 6.07) is 16.0. The standard InChI is InChI=1S/C14H14N4/c15-10-9-12-7-4-8-13-16-14(17-18(12)13)11-5-2-1-3-6-11/h1-8H,9-10,15H2. The Bertz CT molecular complexity index is 658. The molecule has 0 aliphatic rings. The maximum absolute atomic E-state index is 5.61. The Morgan fingerprint density at radius 2 is 1.83 bits per heavy atom. The maximum Gasteiger partial charge on any atom is 0.182 e. The molecule has 1 aromatic carbocycles. The summed E-state index contributed by atoms with van der Waals surface area (Å²) in [5.41, 5.74) is 8.58. The highest BCUT2D eigenvalue weighted by Crippen LogP contribution is 2.16. The van der Waals surface area contributed by atoms with Gasteiger partial charge in [-0.25, -0.2) is 9.50 Å². The molecule has 2 heterocycles. The van der Waals surface area contributed by atoms with Gasteiger partial charge in [0, 0.05) is 17.7 Å². The molecule has 90 valence electrons. The van der Waals surface area contributed by atoms with Crippen molar-refractivity contribution in [2.24, 2.45) is 5.73 Å². The molecule has 4 nitrogen and oxygen atoms in total. The molecule has 0 radical (unpaired) electrons. The molecule has 0 amide bonds. The van der Waals surface area contributed by atoms with Crippen molar-refractivity contribution in [3.05, 3.63) is 54.2 Å². The van der Waals surface area contributed by atoms with Crippen LogP contribution in [0.15, 0.2) is 48.5 Å². The van der Waals surface area contributed by atoms with Gasteiger partial charge in [0.15, 0.2) is 11.5 Å². The van der Waals surface area contributed by atoms with Gasteiger partial charge in [-0.2, -0.15) is 0 Å². The molecule has 4 heteroatoms. The number of fused-ring (bicyclic) bond motifs is 1. The van der Waals surface area contributed by atoms with Gasteiger partial charge in [-0.1, -0.05) is 36.4 Å². The summed E-state index contributed by atoms with van der Waals surface area (Å²) in [7, 11) is 0. The van der Waals surface area contributed by atoms with Crippen LogP contribution in [0.5, 0.6) is 0 Å². The lowest BCUT2D eigenvalue weighted by Crippen LogP contribution is -2.07. The fraction of sp³-hybridized carbons (Fsp3) is 0.143. The number of pyridine rings is 1. The first-order valence-corrected chi connectivity index (χ1v) is 5.98. The van der Waals surface area contributed by atoms with Crippen LogP contribution in [0.25, 0.3) is 17.0 Å². The van der Waals surface area contributed by atoms with Crippen molar-refractivity contribution < 1.29 is 0 Å². The van der Waals surface area contributed by atoms with E-state index in [4.69, 9.17) is 5.73 Å². The van der Waals surface area contributed by atoms with Crippen LogP contribution in [-0.4, -0.2) is 21.1 Å². The van der Waals surface area contributed by atoms with Gasteiger partial charge < -0.3 is 5.73 Å². The first-order valence-electron chi connectivity index (χ1n) is 5.98. The van der Waals surface area contributed by atoms with Crippen LogP contribution in [0.4, 0.5) is 0 Å². The van der Waals surface area contributed by atoms with E-state index in [0.717, 1.165) is 29.1 Å². The van der Waals surface area contributed by atoms with E-state index in [2.05, 4.69) is 10.1 Å². The average Bonchev–Trinajstić information content (AvgIpc) is 2.85. The summed E-state index contributed by atoms with van der Waals surface area (Å²) in [5.74, 6) is 0.750. The van der Waals surface area contributed by atoms with Crippen molar-refractivity contribution in [2.75, 3.05) is 6.54 Å². The van der Waals surface area contributed by atoms with Crippen LogP contribution in [-0.2, 0) is 6.42 Å². The molecule has 0 saturated carbocycles. The molecular weight excluding hydrogens is 224 g/mol. The second-order valence-electron chi connectivity index (χ2n) is 4.13. The van der Waals surface area contributed by atoms with E-state index < -0.39 is 0 Å². The van der Waals surface area contributed by atoms with E-state index in [1.807, 2.05) is 53.0 Å². The Balaban J connectivity index is 2.14. The summed E-state index contributed by atoms with van der Waals surface area (Å²) in [6.45, 7) is 0.611. The number of hydrogen-bond acceptors (Lipinski definition) is 3. The smallest absolute Gasteiger partial charge is 0.182 e. The van der Waals surface area contributed by atoms with E-state index in [-0.39, 0.29) is 0 Å². The second kappa shape index (κ2) is 4.58. The van der Waals surface area contributed by atoms with Crippen LogP contribution < -0.4 is 5.73 Å². The monoisotopic (exact) mass is 238 g/mol. The van der Waals surface area contributed by atoms with Gasteiger partial charge in [-0.05, 0) is 18.7 Å². The SMILES string of the molecule is NCCc1cccc2nc(-c3ccccc3)nn12. The summed E-state index contributed by atoms with van der Waals surface area (Å²) >= 11 is 0. The van der Waals surface area contributed by atoms with Crippen LogP contribution in [0.1, 0.15) is 5.69 Å². The minimum atomic E-state index is 0.611. The number of benzene rings is 1. The number of nitrogens with two attached hydrogens (primary N) is 1. The minimum absolute atomic E-state index is 0.611. The Labute approximate surface area is 105 Å². The lowest BCUT2D eigenvalue weighted by molar-refractivity contribution is 0.830. The highest BCUT2D eigenvalue weighted by molar-refractivity contribution is 5.58. The molecule has 18 heavy (non-hydrogen) atoms. The summed E-state index contributed by atoms with van der Waals surface area (Å²) in [6.07, 6.45) is 0.801. The molecular formula is C14H14N4. The van der Waals surface area contributed by atoms with Crippen molar-refractivity contribution >= 4 is 5.65 Å². The van der Waals surface area contributed by atoms with Crippen LogP contribution in [0.2, 0.25) is 0 Å². The van der Waals surface area contributed by atoms with Gasteiger partial charge in [-0.15, -0.1) is 5.10 Å². The van der Waals surface area contributed by atoms with Gasteiger partial charge in [0.1, 0.15) is 0 Å². The van der Waals surface area contributed by atoms with Crippen molar-refractivity contribution in [2.45, 2.75) is 6.42 Å². The van der Waals surface area contributed by atoms with Crippen molar-refractivity contribution in [3.63, 3.8) is 0 Å². The molecule has 0 fully saturated rings. The van der Waals surface area contributed by atoms with Crippen LogP contribution in [0.3, 0.4) is 0 Å². The van der Waals surface area contributed by atoms with Crippen molar-refractivity contribution in [3.8, 4) is 11.4 Å². The van der Waals surface area contributed by atoms with Crippen molar-refractivity contribution in [1.82, 2.24) is 14.6 Å². The predicted molar refractivity (Wildman–Crippen MR) is 71.2 cm³/mol. The normalized spacial score (nSPS) is 10.9. The first kappa shape index (κ1) is 10.9. The second-order valence-corrected chi connectivity index (χ2v) is 4.13. The van der Waals surface area contributed by atoms with Crippen molar-refractivity contribution in [1.29, 1.82) is 0 Å². The Morgan fingerprint density at radius 1 is 1.00 bits per heavy atom. The largest absolute Gasteiger partial charge is 0.330 e. The quantitative estimate of drug-likeness (QED) is 0.758. The topological polar surface area (TPSA) is 56.2 Å². The van der Waals surface area contributed by atoms with Gasteiger partial charge >= 0.3 is 0 Å². The minimum Gasteiger partial charge on any atom is -0.330 e. The fourth-order valence-corrected chi connectivity index (χ4v) is 2.01. The summed E-state index contributed by atoms with van der Waals surface area (Å²) in [5, 5.41) is 4.55. The number of nitrogens with zero attached hydrogens (tertiary/aromatic N) is 3. The van der Waals surface area contributed by atoms with E-state index in [1.165, 1.54) is 0 Å². The third-order valence-electron chi connectivity index (χ3n) is 2.87. The molecule has 0 bridgehead atoms. The molecule has 0 unspecified atom stereocenters. The van der Waals surface area contributed by atoms with E-state index in [1.54, 1.807) is 0 Å². The number of hydrogen-bond donors (Lipinski definition) is 1. The zero-order chi connectivity index (χ0) is 12.4. The molecule has 0 spiro atoms. The van der Waals surface area contributed by atoms with E-state index in [9.17, 15) is 0 Å². The Hall–Kier alpha value is -2.20. The fourth-order valence-electron chi connectivity index (χ4n) is 2.01. The Morgan fingerprint density at radius 3 is 2.61 bits per heavy atom. The maximum atomic E-state index is 5.61. The Kier molecular flexibility index (Phi) is 2.78. The van der Waals surface area contributed by atoms with Gasteiger partial charge in [0.25, 0.3) is 0 Å². The molecule has 0 aliphatic heterocycles. The van der Waals surface area contributed by atoms with Crippen LogP contribution in [0, 0.1) is 0 Å². The molecule has 0 aliphatic carbocycles. The molecule has 3 rings (SSSR count). The highest BCUT2D eigenvalue weighted by Gasteiger charge is 2.07.